The predicted octanol–water partition coefficient (Wildman–Crippen LogP) is 2.05. The molecule has 1 aromatic heterocycles. The first kappa shape index (κ1) is 12.7. The molecule has 1 aliphatic heterocycles. The Bertz CT molecular complexity index is 489. The maximum Gasteiger partial charge on any atom is 0.248 e. The maximum absolute atomic E-state index is 13.1. The first-order valence-corrected chi connectivity index (χ1v) is 6.37. The molecule has 0 spiro atoms. The lowest BCUT2D eigenvalue weighted by molar-refractivity contribution is -0.127. The van der Waals surface area contributed by atoms with Crippen LogP contribution in [0, 0.1) is 0 Å². The van der Waals surface area contributed by atoms with E-state index in [1.54, 1.807) is 0 Å². The molecule has 2 aliphatic rings. The number of carbonyl (C=O) groups excluding carboxylic acids is 1. The normalized spacial score (nSPS) is 30.7. The molecule has 1 saturated carbocycles. The molecule has 5 nitrogen and oxygen atoms in total. The van der Waals surface area contributed by atoms with Gasteiger partial charge in [0, 0.05) is 25.2 Å². The minimum absolute atomic E-state index is 0.00167. The Morgan fingerprint density at radius 3 is 2.89 bits per heavy atom. The summed E-state index contributed by atoms with van der Waals surface area (Å²) in [4.78, 5) is 15.8. The van der Waals surface area contributed by atoms with Gasteiger partial charge in [0.15, 0.2) is 5.82 Å². The Hall–Kier alpha value is -1.37. The summed E-state index contributed by atoms with van der Waals surface area (Å²) < 4.78 is 36.5. The van der Waals surface area contributed by atoms with Crippen LogP contribution in [0.4, 0.5) is 8.78 Å². The van der Waals surface area contributed by atoms with Gasteiger partial charge in [0.05, 0.1) is 13.2 Å². The van der Waals surface area contributed by atoms with Crippen LogP contribution in [-0.4, -0.2) is 35.1 Å². The van der Waals surface area contributed by atoms with Crippen LogP contribution in [0.3, 0.4) is 0 Å². The van der Waals surface area contributed by atoms with Crippen molar-refractivity contribution in [1.82, 2.24) is 10.1 Å². The molecular weight excluding hydrogens is 258 g/mol. The monoisotopic (exact) mass is 272 g/mol. The fourth-order valence-corrected chi connectivity index (χ4v) is 2.58. The van der Waals surface area contributed by atoms with Crippen molar-refractivity contribution in [1.29, 1.82) is 0 Å². The smallest absolute Gasteiger partial charge is 0.248 e. The number of ether oxygens (including phenoxy) is 1. The molecule has 2 unspecified atom stereocenters. The zero-order valence-corrected chi connectivity index (χ0v) is 10.3. The van der Waals surface area contributed by atoms with E-state index in [0.717, 1.165) is 0 Å². The van der Waals surface area contributed by atoms with E-state index in [1.165, 1.54) is 0 Å². The maximum atomic E-state index is 13.1. The van der Waals surface area contributed by atoms with Crippen LogP contribution in [0.2, 0.25) is 0 Å². The Balaban J connectivity index is 1.74. The van der Waals surface area contributed by atoms with E-state index in [0.29, 0.717) is 19.4 Å². The minimum atomic E-state index is -2.64. The highest BCUT2D eigenvalue weighted by Gasteiger charge is 2.42. The highest BCUT2D eigenvalue weighted by atomic mass is 19.3. The lowest BCUT2D eigenvalue weighted by atomic mass is 10.0. The van der Waals surface area contributed by atoms with E-state index in [1.807, 2.05) is 0 Å². The average Bonchev–Trinajstić information content (AvgIpc) is 2.96. The standard InChI is InChI=1S/C12H14F2N2O3/c13-12(14)3-1-7(5-12)10-15-11(19-16-10)8-6-18-4-2-9(8)17/h7-8H,1-6H2. The molecule has 19 heavy (non-hydrogen) atoms. The molecule has 0 N–H and O–H groups in total. The lowest BCUT2D eigenvalue weighted by Crippen LogP contribution is -2.25. The number of halogens is 2. The van der Waals surface area contributed by atoms with Crippen molar-refractivity contribution in [2.45, 2.75) is 43.4 Å². The number of alkyl halides is 2. The van der Waals surface area contributed by atoms with Crippen LogP contribution in [0.15, 0.2) is 4.52 Å². The second-order valence-electron chi connectivity index (χ2n) is 5.13. The van der Waals surface area contributed by atoms with Gasteiger partial charge in [-0.05, 0) is 6.42 Å². The first-order chi connectivity index (χ1) is 9.05. The van der Waals surface area contributed by atoms with Crippen LogP contribution in [0.25, 0.3) is 0 Å². The van der Waals surface area contributed by atoms with Crippen LogP contribution < -0.4 is 0 Å². The number of carbonyl (C=O) groups is 1. The largest absolute Gasteiger partial charge is 0.380 e. The Kier molecular flexibility index (Phi) is 3.08. The van der Waals surface area contributed by atoms with Crippen molar-refractivity contribution in [3.05, 3.63) is 11.7 Å². The fourth-order valence-electron chi connectivity index (χ4n) is 2.58. The van der Waals surface area contributed by atoms with Gasteiger partial charge in [-0.1, -0.05) is 5.16 Å². The molecule has 0 aromatic carbocycles. The van der Waals surface area contributed by atoms with E-state index in [2.05, 4.69) is 10.1 Å². The summed E-state index contributed by atoms with van der Waals surface area (Å²) in [6.45, 7) is 0.631. The van der Waals surface area contributed by atoms with Gasteiger partial charge in [-0.25, -0.2) is 8.78 Å². The third kappa shape index (κ3) is 2.51. The summed E-state index contributed by atoms with van der Waals surface area (Å²) in [6, 6.07) is 0. The van der Waals surface area contributed by atoms with Gasteiger partial charge in [-0.3, -0.25) is 4.79 Å². The molecule has 1 aromatic rings. The zero-order chi connectivity index (χ0) is 13.5. The Labute approximate surface area is 108 Å². The molecular formula is C12H14F2N2O3. The zero-order valence-electron chi connectivity index (χ0n) is 10.3. The molecule has 7 heteroatoms. The van der Waals surface area contributed by atoms with Gasteiger partial charge >= 0.3 is 0 Å². The molecule has 0 radical (unpaired) electrons. The molecule has 2 atom stereocenters. The van der Waals surface area contributed by atoms with Gasteiger partial charge in [-0.15, -0.1) is 0 Å². The van der Waals surface area contributed by atoms with Crippen molar-refractivity contribution in [2.75, 3.05) is 13.2 Å². The highest BCUT2D eigenvalue weighted by molar-refractivity contribution is 5.85. The molecule has 104 valence electrons. The van der Waals surface area contributed by atoms with Crippen molar-refractivity contribution in [2.24, 2.45) is 0 Å². The number of nitrogens with zero attached hydrogens (tertiary/aromatic N) is 2. The summed E-state index contributed by atoms with van der Waals surface area (Å²) >= 11 is 0. The lowest BCUT2D eigenvalue weighted by Gasteiger charge is -2.17. The Morgan fingerprint density at radius 1 is 1.37 bits per heavy atom. The van der Waals surface area contributed by atoms with Crippen LogP contribution in [-0.2, 0) is 9.53 Å². The summed E-state index contributed by atoms with van der Waals surface area (Å²) in [5, 5.41) is 3.75. The van der Waals surface area contributed by atoms with Gasteiger partial charge in [0.25, 0.3) is 0 Å². The van der Waals surface area contributed by atoms with Crippen molar-refractivity contribution in [3.63, 3.8) is 0 Å². The van der Waals surface area contributed by atoms with E-state index in [9.17, 15) is 13.6 Å². The minimum Gasteiger partial charge on any atom is -0.380 e. The number of rotatable bonds is 2. The first-order valence-electron chi connectivity index (χ1n) is 6.37. The van der Waals surface area contributed by atoms with Crippen LogP contribution in [0.5, 0.6) is 0 Å². The van der Waals surface area contributed by atoms with Crippen molar-refractivity contribution in [3.8, 4) is 0 Å². The number of ketones is 1. The van der Waals surface area contributed by atoms with E-state index < -0.39 is 11.8 Å². The van der Waals surface area contributed by atoms with Crippen molar-refractivity contribution >= 4 is 5.78 Å². The molecule has 2 fully saturated rings. The molecule has 1 saturated heterocycles. The fraction of sp³-hybridized carbons (Fsp3) is 0.750. The predicted molar refractivity (Wildman–Crippen MR) is 59.0 cm³/mol. The van der Waals surface area contributed by atoms with Crippen LogP contribution >= 0.6 is 0 Å². The van der Waals surface area contributed by atoms with E-state index in [-0.39, 0.29) is 42.9 Å². The van der Waals surface area contributed by atoms with Gasteiger partial charge in [-0.2, -0.15) is 4.98 Å². The topological polar surface area (TPSA) is 65.2 Å². The Morgan fingerprint density at radius 2 is 2.21 bits per heavy atom. The van der Waals surface area contributed by atoms with Gasteiger partial charge in [0.2, 0.25) is 11.8 Å². The quantitative estimate of drug-likeness (QED) is 0.824. The van der Waals surface area contributed by atoms with Gasteiger partial charge in [0.1, 0.15) is 11.7 Å². The summed E-state index contributed by atoms with van der Waals surface area (Å²) in [5.74, 6) is -3.10. The number of aromatic nitrogens is 2. The molecule has 1 aliphatic carbocycles. The van der Waals surface area contributed by atoms with Gasteiger partial charge < -0.3 is 9.26 Å². The van der Waals surface area contributed by atoms with E-state index >= 15 is 0 Å². The molecule has 0 amide bonds. The summed E-state index contributed by atoms with van der Waals surface area (Å²) in [5.41, 5.74) is 0. The summed E-state index contributed by atoms with van der Waals surface area (Å²) in [6.07, 6.45) is 0.277. The summed E-state index contributed by atoms with van der Waals surface area (Å²) in [7, 11) is 0. The molecule has 0 bridgehead atoms. The second kappa shape index (κ2) is 4.63. The third-order valence-corrected chi connectivity index (χ3v) is 3.69. The number of hydrogen-bond acceptors (Lipinski definition) is 5. The second-order valence-corrected chi connectivity index (χ2v) is 5.13. The van der Waals surface area contributed by atoms with Crippen LogP contribution in [0.1, 0.15) is 49.2 Å². The third-order valence-electron chi connectivity index (χ3n) is 3.69. The molecule has 3 rings (SSSR count). The highest BCUT2D eigenvalue weighted by Crippen LogP contribution is 2.43. The average molecular weight is 272 g/mol. The van der Waals surface area contributed by atoms with Crippen molar-refractivity contribution < 1.29 is 22.8 Å². The van der Waals surface area contributed by atoms with E-state index in [4.69, 9.17) is 9.26 Å². The number of Topliss-reactive ketones (excluding diaryl/α,β-unsaturated/α-hetero) is 1. The number of hydrogen-bond donors (Lipinski definition) is 0. The molecule has 2 heterocycles. The SMILES string of the molecule is O=C1CCOCC1c1nc(C2CCC(F)(F)C2)no1.